The van der Waals surface area contributed by atoms with Crippen LogP contribution in [0.2, 0.25) is 0 Å². The molecule has 1 aromatic rings. The zero-order valence-electron chi connectivity index (χ0n) is 10.4. The van der Waals surface area contributed by atoms with Crippen LogP contribution < -0.4 is 15.0 Å². The van der Waals surface area contributed by atoms with Crippen LogP contribution in [0.25, 0.3) is 0 Å². The van der Waals surface area contributed by atoms with Crippen LogP contribution in [-0.4, -0.2) is 32.8 Å². The number of benzene rings is 1. The normalized spacial score (nSPS) is 20.4. The Hall–Kier alpha value is -1.22. The van der Waals surface area contributed by atoms with Crippen LogP contribution >= 0.6 is 0 Å². The molecular weight excluding hydrogens is 212 g/mol. The van der Waals surface area contributed by atoms with Gasteiger partial charge in [0.1, 0.15) is 5.75 Å². The molecular formula is C14H20N2O. The third kappa shape index (κ3) is 2.00. The van der Waals surface area contributed by atoms with Crippen molar-refractivity contribution in [2.75, 3.05) is 31.6 Å². The van der Waals surface area contributed by atoms with Crippen LogP contribution in [0.4, 0.5) is 5.69 Å². The molecule has 0 radical (unpaired) electrons. The van der Waals surface area contributed by atoms with E-state index in [9.17, 15) is 0 Å². The van der Waals surface area contributed by atoms with Crippen molar-refractivity contribution >= 4 is 5.69 Å². The first-order valence-corrected chi connectivity index (χ1v) is 6.53. The first-order valence-electron chi connectivity index (χ1n) is 6.53. The number of hydrogen-bond acceptors (Lipinski definition) is 3. The van der Waals surface area contributed by atoms with Gasteiger partial charge in [0, 0.05) is 24.3 Å². The number of ether oxygens (including phenoxy) is 1. The summed E-state index contributed by atoms with van der Waals surface area (Å²) in [5.41, 5.74) is 2.88. The molecule has 2 aliphatic heterocycles. The maximum absolute atomic E-state index is 5.34. The summed E-state index contributed by atoms with van der Waals surface area (Å²) in [5, 5.41) is 3.43. The molecule has 2 aliphatic rings. The van der Waals surface area contributed by atoms with Crippen LogP contribution in [0.3, 0.4) is 0 Å². The Kier molecular flexibility index (Phi) is 2.93. The molecule has 0 atom stereocenters. The third-order valence-corrected chi connectivity index (χ3v) is 3.97. The summed E-state index contributed by atoms with van der Waals surface area (Å²) in [6.07, 6.45) is 3.70. The average molecular weight is 232 g/mol. The number of methoxy groups -OCH3 is 1. The largest absolute Gasteiger partial charge is 0.497 e. The molecule has 17 heavy (non-hydrogen) atoms. The van der Waals surface area contributed by atoms with Gasteiger partial charge in [0.2, 0.25) is 0 Å². The Morgan fingerprint density at radius 3 is 2.88 bits per heavy atom. The van der Waals surface area contributed by atoms with Crippen LogP contribution in [0.1, 0.15) is 18.4 Å². The first kappa shape index (κ1) is 10.9. The summed E-state index contributed by atoms with van der Waals surface area (Å²) in [6, 6.07) is 7.20. The monoisotopic (exact) mass is 232 g/mol. The Bertz CT molecular complexity index is 399. The number of nitrogens with zero attached hydrogens (tertiary/aromatic N) is 1. The van der Waals surface area contributed by atoms with E-state index in [4.69, 9.17) is 4.74 Å². The Morgan fingerprint density at radius 1 is 1.29 bits per heavy atom. The predicted molar refractivity (Wildman–Crippen MR) is 69.9 cm³/mol. The van der Waals surface area contributed by atoms with E-state index in [1.807, 2.05) is 0 Å². The maximum Gasteiger partial charge on any atom is 0.120 e. The minimum absolute atomic E-state index is 0.713. The SMILES string of the molecule is COc1ccc2c(c1)N(C1CCNCC1)CC2. The number of piperidine rings is 1. The van der Waals surface area contributed by atoms with Crippen LogP contribution in [0.5, 0.6) is 5.75 Å². The lowest BCUT2D eigenvalue weighted by molar-refractivity contribution is 0.413. The zero-order chi connectivity index (χ0) is 11.7. The highest BCUT2D eigenvalue weighted by molar-refractivity contribution is 5.61. The molecule has 0 saturated carbocycles. The van der Waals surface area contributed by atoms with E-state index in [0.717, 1.165) is 18.8 Å². The van der Waals surface area contributed by atoms with Gasteiger partial charge >= 0.3 is 0 Å². The molecule has 0 aliphatic carbocycles. The van der Waals surface area contributed by atoms with Crippen LogP contribution in [0.15, 0.2) is 18.2 Å². The summed E-state index contributed by atoms with van der Waals surface area (Å²) in [6.45, 7) is 3.48. The number of hydrogen-bond donors (Lipinski definition) is 1. The van der Waals surface area contributed by atoms with Crippen molar-refractivity contribution in [2.45, 2.75) is 25.3 Å². The second kappa shape index (κ2) is 4.57. The molecule has 0 amide bonds. The fraction of sp³-hybridized carbons (Fsp3) is 0.571. The molecule has 2 heterocycles. The molecule has 0 bridgehead atoms. The summed E-state index contributed by atoms with van der Waals surface area (Å²) < 4.78 is 5.34. The lowest BCUT2D eigenvalue weighted by atomic mass is 10.0. The van der Waals surface area contributed by atoms with Crippen molar-refractivity contribution in [1.82, 2.24) is 5.32 Å². The van der Waals surface area contributed by atoms with Gasteiger partial charge in [-0.3, -0.25) is 0 Å². The van der Waals surface area contributed by atoms with E-state index < -0.39 is 0 Å². The Morgan fingerprint density at radius 2 is 2.12 bits per heavy atom. The molecule has 1 saturated heterocycles. The average Bonchev–Trinajstić information content (AvgIpc) is 2.82. The van der Waals surface area contributed by atoms with Crippen LogP contribution in [-0.2, 0) is 6.42 Å². The maximum atomic E-state index is 5.34. The molecule has 3 heteroatoms. The fourth-order valence-corrected chi connectivity index (χ4v) is 3.01. The molecule has 0 spiro atoms. The van der Waals surface area contributed by atoms with Gasteiger partial charge in [-0.1, -0.05) is 6.07 Å². The lowest BCUT2D eigenvalue weighted by Crippen LogP contribution is -2.42. The van der Waals surface area contributed by atoms with Gasteiger partial charge in [-0.2, -0.15) is 0 Å². The predicted octanol–water partition coefficient (Wildman–Crippen LogP) is 1.81. The topological polar surface area (TPSA) is 24.5 Å². The molecule has 0 unspecified atom stereocenters. The molecule has 1 fully saturated rings. The van der Waals surface area contributed by atoms with Crippen molar-refractivity contribution in [3.63, 3.8) is 0 Å². The summed E-state index contributed by atoms with van der Waals surface area (Å²) in [5.74, 6) is 0.976. The van der Waals surface area contributed by atoms with E-state index >= 15 is 0 Å². The van der Waals surface area contributed by atoms with E-state index in [-0.39, 0.29) is 0 Å². The standard InChI is InChI=1S/C14H20N2O/c1-17-13-3-2-11-6-9-16(14(11)10-13)12-4-7-15-8-5-12/h2-3,10,12,15H,4-9H2,1H3. The third-order valence-electron chi connectivity index (χ3n) is 3.97. The van der Waals surface area contributed by atoms with Crippen molar-refractivity contribution in [1.29, 1.82) is 0 Å². The molecule has 3 rings (SSSR count). The highest BCUT2D eigenvalue weighted by atomic mass is 16.5. The van der Waals surface area contributed by atoms with E-state index in [0.29, 0.717) is 6.04 Å². The molecule has 1 aromatic carbocycles. The molecule has 0 aromatic heterocycles. The quantitative estimate of drug-likeness (QED) is 0.841. The highest BCUT2D eigenvalue weighted by Gasteiger charge is 2.27. The van der Waals surface area contributed by atoms with Crippen LogP contribution in [0, 0.1) is 0 Å². The van der Waals surface area contributed by atoms with Crippen molar-refractivity contribution in [3.8, 4) is 5.75 Å². The van der Waals surface area contributed by atoms with Gasteiger partial charge in [0.05, 0.1) is 7.11 Å². The van der Waals surface area contributed by atoms with Crippen molar-refractivity contribution in [3.05, 3.63) is 23.8 Å². The van der Waals surface area contributed by atoms with Crippen molar-refractivity contribution < 1.29 is 4.74 Å². The van der Waals surface area contributed by atoms with E-state index in [2.05, 4.69) is 28.4 Å². The number of nitrogens with one attached hydrogen (secondary N) is 1. The summed E-state index contributed by atoms with van der Waals surface area (Å²) in [7, 11) is 1.74. The minimum Gasteiger partial charge on any atom is -0.497 e. The zero-order valence-corrected chi connectivity index (χ0v) is 10.4. The summed E-state index contributed by atoms with van der Waals surface area (Å²) >= 11 is 0. The van der Waals surface area contributed by atoms with Gasteiger partial charge in [0.15, 0.2) is 0 Å². The van der Waals surface area contributed by atoms with Gasteiger partial charge in [-0.15, -0.1) is 0 Å². The van der Waals surface area contributed by atoms with Gasteiger partial charge in [0.25, 0.3) is 0 Å². The first-order chi connectivity index (χ1) is 8.38. The van der Waals surface area contributed by atoms with E-state index in [1.54, 1.807) is 7.11 Å². The van der Waals surface area contributed by atoms with Gasteiger partial charge < -0.3 is 15.0 Å². The smallest absolute Gasteiger partial charge is 0.120 e. The van der Waals surface area contributed by atoms with E-state index in [1.165, 1.54) is 37.1 Å². The highest BCUT2D eigenvalue weighted by Crippen LogP contribution is 2.34. The number of anilines is 1. The Labute approximate surface area is 103 Å². The number of rotatable bonds is 2. The minimum atomic E-state index is 0.713. The second-order valence-electron chi connectivity index (χ2n) is 4.92. The van der Waals surface area contributed by atoms with Crippen molar-refractivity contribution in [2.24, 2.45) is 0 Å². The lowest BCUT2D eigenvalue weighted by Gasteiger charge is -2.33. The fourth-order valence-electron chi connectivity index (χ4n) is 3.01. The van der Waals surface area contributed by atoms with Gasteiger partial charge in [-0.05, 0) is 44.0 Å². The second-order valence-corrected chi connectivity index (χ2v) is 4.92. The Balaban J connectivity index is 1.85. The number of fused-ring (bicyclic) bond motifs is 1. The molecule has 3 nitrogen and oxygen atoms in total. The summed E-state index contributed by atoms with van der Waals surface area (Å²) in [4.78, 5) is 2.58. The molecule has 92 valence electrons. The van der Waals surface area contributed by atoms with Gasteiger partial charge in [-0.25, -0.2) is 0 Å². The molecule has 1 N–H and O–H groups in total.